The highest BCUT2D eigenvalue weighted by Gasteiger charge is 2.45. The molecule has 32 heavy (non-hydrogen) atoms. The number of nitro benzene ring substituents is 1. The van der Waals surface area contributed by atoms with Crippen molar-refractivity contribution in [2.75, 3.05) is 4.90 Å². The molecule has 1 unspecified atom stereocenters. The van der Waals surface area contributed by atoms with Gasteiger partial charge in [-0.3, -0.25) is 19.8 Å². The monoisotopic (exact) mass is 448 g/mol. The van der Waals surface area contributed by atoms with E-state index < -0.39 is 10.8 Å². The molecule has 2 aliphatic rings. The minimum Gasteiger partial charge on any atom is -0.384 e. The van der Waals surface area contributed by atoms with Crippen LogP contribution in [0.3, 0.4) is 0 Å². The van der Waals surface area contributed by atoms with E-state index in [4.69, 9.17) is 5.73 Å². The van der Waals surface area contributed by atoms with Crippen LogP contribution in [0.1, 0.15) is 47.9 Å². The van der Waals surface area contributed by atoms with Gasteiger partial charge in [0.2, 0.25) is 0 Å². The lowest BCUT2D eigenvalue weighted by Gasteiger charge is -2.43. The number of non-ortho nitro benzene ring substituents is 1. The quantitative estimate of drug-likeness (QED) is 0.509. The lowest BCUT2D eigenvalue weighted by Crippen LogP contribution is -2.42. The number of benzene rings is 1. The second kappa shape index (κ2) is 7.61. The maximum absolute atomic E-state index is 13.5. The Labute approximate surface area is 190 Å². The summed E-state index contributed by atoms with van der Waals surface area (Å²) in [4.78, 5) is 28.2. The van der Waals surface area contributed by atoms with E-state index in [1.807, 2.05) is 33.8 Å². The van der Waals surface area contributed by atoms with Crippen molar-refractivity contribution in [3.05, 3.63) is 78.4 Å². The Morgan fingerprint density at radius 1 is 1.28 bits per heavy atom. The van der Waals surface area contributed by atoms with Gasteiger partial charge in [0.1, 0.15) is 5.82 Å². The molecule has 2 heterocycles. The van der Waals surface area contributed by atoms with Gasteiger partial charge >= 0.3 is 0 Å². The van der Waals surface area contributed by atoms with Gasteiger partial charge < -0.3 is 5.73 Å². The zero-order chi connectivity index (χ0) is 23.4. The van der Waals surface area contributed by atoms with Crippen molar-refractivity contribution in [3.63, 3.8) is 0 Å². The van der Waals surface area contributed by atoms with Crippen LogP contribution in [0, 0.1) is 40.7 Å². The largest absolute Gasteiger partial charge is 0.384 e. The molecule has 164 valence electrons. The molecule has 0 saturated heterocycles. The predicted molar refractivity (Wildman–Crippen MR) is 124 cm³/mol. The minimum absolute atomic E-state index is 0.0137. The number of carbonyl (C=O) groups is 1. The third-order valence-electron chi connectivity index (χ3n) is 6.07. The predicted octanol–water partition coefficient (Wildman–Crippen LogP) is 5.21. The molecule has 2 aromatic rings. The standard InChI is InChI=1S/C24H24N4O3S/c1-13-8-17(14(2)32-13)21-18(12-25)23(26)27(15-6-5-7-16(9-15)28(30)31)19-10-24(3,4)11-20(29)22(19)21/h5-9,21H,10-11,26H2,1-4H3. The molecule has 1 aliphatic heterocycles. The summed E-state index contributed by atoms with van der Waals surface area (Å²) >= 11 is 1.62. The molecule has 0 spiro atoms. The number of ketones is 1. The van der Waals surface area contributed by atoms with E-state index in [0.29, 0.717) is 29.7 Å². The first kappa shape index (κ1) is 21.8. The number of nitriles is 1. The Bertz CT molecular complexity index is 1260. The van der Waals surface area contributed by atoms with Crippen LogP contribution in [0.4, 0.5) is 11.4 Å². The van der Waals surface area contributed by atoms with Gasteiger partial charge in [-0.2, -0.15) is 5.26 Å². The summed E-state index contributed by atoms with van der Waals surface area (Å²) in [5, 5.41) is 21.5. The van der Waals surface area contributed by atoms with Crippen LogP contribution in [0.2, 0.25) is 0 Å². The van der Waals surface area contributed by atoms with E-state index in [2.05, 4.69) is 6.07 Å². The first-order chi connectivity index (χ1) is 15.0. The van der Waals surface area contributed by atoms with E-state index in [0.717, 1.165) is 21.0 Å². The minimum atomic E-state index is -0.529. The Hall–Kier alpha value is -3.44. The summed E-state index contributed by atoms with van der Waals surface area (Å²) in [6.07, 6.45) is 0.931. The number of hydrogen-bond donors (Lipinski definition) is 1. The van der Waals surface area contributed by atoms with Gasteiger partial charge in [-0.25, -0.2) is 0 Å². The molecule has 0 fully saturated rings. The number of Topliss-reactive ketones (excluding diaryl/α,β-unsaturated/α-hetero) is 1. The van der Waals surface area contributed by atoms with Gasteiger partial charge in [0.05, 0.1) is 28.2 Å². The van der Waals surface area contributed by atoms with Crippen LogP contribution in [0.25, 0.3) is 0 Å². The summed E-state index contributed by atoms with van der Waals surface area (Å²) < 4.78 is 0. The van der Waals surface area contributed by atoms with Crippen molar-refractivity contribution in [2.45, 2.75) is 46.5 Å². The van der Waals surface area contributed by atoms with Crippen LogP contribution >= 0.6 is 11.3 Å². The molecule has 8 heteroatoms. The van der Waals surface area contributed by atoms with Crippen LogP contribution < -0.4 is 10.6 Å². The molecule has 2 N–H and O–H groups in total. The average molecular weight is 449 g/mol. The van der Waals surface area contributed by atoms with Gasteiger partial charge in [-0.05, 0) is 43.4 Å². The number of rotatable bonds is 3. The molecule has 4 rings (SSSR count). The maximum Gasteiger partial charge on any atom is 0.271 e. The first-order valence-corrected chi connectivity index (χ1v) is 11.1. The van der Waals surface area contributed by atoms with E-state index >= 15 is 0 Å². The van der Waals surface area contributed by atoms with Gasteiger partial charge in [0, 0.05) is 39.6 Å². The number of allylic oxidation sites excluding steroid dienone is 3. The lowest BCUT2D eigenvalue weighted by molar-refractivity contribution is -0.384. The van der Waals surface area contributed by atoms with E-state index in [9.17, 15) is 20.2 Å². The number of anilines is 1. The van der Waals surface area contributed by atoms with Crippen LogP contribution in [0.5, 0.6) is 0 Å². The maximum atomic E-state index is 13.5. The Morgan fingerprint density at radius 3 is 2.59 bits per heavy atom. The van der Waals surface area contributed by atoms with Gasteiger partial charge in [-0.15, -0.1) is 11.3 Å². The molecule has 1 aromatic carbocycles. The highest BCUT2D eigenvalue weighted by atomic mass is 32.1. The molecule has 0 amide bonds. The molecule has 1 atom stereocenters. The third kappa shape index (κ3) is 3.49. The first-order valence-electron chi connectivity index (χ1n) is 10.3. The van der Waals surface area contributed by atoms with Crippen molar-refractivity contribution >= 4 is 28.5 Å². The number of nitrogens with two attached hydrogens (primary N) is 1. The summed E-state index contributed by atoms with van der Waals surface area (Å²) in [5.74, 6) is -0.329. The zero-order valence-electron chi connectivity index (χ0n) is 18.4. The fourth-order valence-electron chi connectivity index (χ4n) is 4.80. The fraction of sp³-hybridized carbons (Fsp3) is 0.333. The van der Waals surface area contributed by atoms with Crippen molar-refractivity contribution in [1.82, 2.24) is 0 Å². The second-order valence-corrected chi connectivity index (χ2v) is 10.6. The topological polar surface area (TPSA) is 113 Å². The Morgan fingerprint density at radius 2 is 2.00 bits per heavy atom. The number of hydrogen-bond acceptors (Lipinski definition) is 7. The summed E-state index contributed by atoms with van der Waals surface area (Å²) in [6, 6.07) is 10.4. The highest BCUT2D eigenvalue weighted by molar-refractivity contribution is 7.12. The van der Waals surface area contributed by atoms with E-state index in [-0.39, 0.29) is 22.7 Å². The second-order valence-electron chi connectivity index (χ2n) is 9.13. The van der Waals surface area contributed by atoms with Crippen molar-refractivity contribution in [2.24, 2.45) is 11.1 Å². The Kier molecular flexibility index (Phi) is 5.18. The SMILES string of the molecule is Cc1cc(C2C(C#N)=C(N)N(c3cccc([N+](=O)[O-])c3)C3=C2C(=O)CC(C)(C)C3)c(C)s1. The molecule has 1 aliphatic carbocycles. The van der Waals surface area contributed by atoms with Gasteiger partial charge in [-0.1, -0.05) is 19.9 Å². The van der Waals surface area contributed by atoms with Crippen LogP contribution in [0.15, 0.2) is 53.0 Å². The van der Waals surface area contributed by atoms with Gasteiger partial charge in [0.15, 0.2) is 5.78 Å². The average Bonchev–Trinajstić information content (AvgIpc) is 3.04. The number of thiophene rings is 1. The number of aryl methyl sites for hydroxylation is 2. The Balaban J connectivity index is 2.02. The van der Waals surface area contributed by atoms with E-state index in [1.54, 1.807) is 28.4 Å². The number of nitro groups is 1. The zero-order valence-corrected chi connectivity index (χ0v) is 19.2. The van der Waals surface area contributed by atoms with Crippen LogP contribution in [-0.4, -0.2) is 10.7 Å². The molecular formula is C24H24N4O3S. The molecular weight excluding hydrogens is 424 g/mol. The molecule has 0 bridgehead atoms. The number of nitrogens with zero attached hydrogens (tertiary/aromatic N) is 3. The molecule has 1 aromatic heterocycles. The normalized spacial score (nSPS) is 20.3. The summed E-state index contributed by atoms with van der Waals surface area (Å²) in [5.41, 5.74) is 9.19. The van der Waals surface area contributed by atoms with E-state index in [1.165, 1.54) is 12.1 Å². The van der Waals surface area contributed by atoms with Crippen molar-refractivity contribution in [3.8, 4) is 6.07 Å². The molecule has 0 radical (unpaired) electrons. The van der Waals surface area contributed by atoms with Crippen molar-refractivity contribution < 1.29 is 9.72 Å². The smallest absolute Gasteiger partial charge is 0.271 e. The summed E-state index contributed by atoms with van der Waals surface area (Å²) in [7, 11) is 0. The third-order valence-corrected chi connectivity index (χ3v) is 7.05. The molecule has 7 nitrogen and oxygen atoms in total. The fourth-order valence-corrected chi connectivity index (χ4v) is 5.76. The lowest BCUT2D eigenvalue weighted by atomic mass is 9.68. The summed E-state index contributed by atoms with van der Waals surface area (Å²) in [6.45, 7) is 8.03. The van der Waals surface area contributed by atoms with Crippen molar-refractivity contribution in [1.29, 1.82) is 5.26 Å². The van der Waals surface area contributed by atoms with Gasteiger partial charge in [0.25, 0.3) is 5.69 Å². The van der Waals surface area contributed by atoms with Crippen LogP contribution in [-0.2, 0) is 4.79 Å². The molecule has 0 saturated carbocycles. The highest BCUT2D eigenvalue weighted by Crippen LogP contribution is 2.51. The number of carbonyl (C=O) groups excluding carboxylic acids is 1.